The zero-order chi connectivity index (χ0) is 17.3. The number of hydrogen-bond acceptors (Lipinski definition) is 4. The van der Waals surface area contributed by atoms with Gasteiger partial charge in [0.1, 0.15) is 5.82 Å². The first kappa shape index (κ1) is 16.3. The lowest BCUT2D eigenvalue weighted by atomic mass is 9.92. The van der Waals surface area contributed by atoms with Crippen molar-refractivity contribution in [3.05, 3.63) is 65.2 Å². The molecule has 2 heterocycles. The molecule has 5 nitrogen and oxygen atoms in total. The molecule has 0 atom stereocenters. The van der Waals surface area contributed by atoms with Gasteiger partial charge in [0.2, 0.25) is 0 Å². The molecule has 1 aromatic carbocycles. The van der Waals surface area contributed by atoms with Crippen LogP contribution in [0.2, 0.25) is 0 Å². The second-order valence-electron chi connectivity index (χ2n) is 6.35. The molecule has 1 aromatic heterocycles. The van der Waals surface area contributed by atoms with Crippen LogP contribution in [0, 0.1) is 5.82 Å². The highest BCUT2D eigenvalue weighted by molar-refractivity contribution is 6.06. The van der Waals surface area contributed by atoms with Crippen molar-refractivity contribution >= 4 is 11.6 Å². The van der Waals surface area contributed by atoms with Crippen LogP contribution in [0.4, 0.5) is 4.39 Å². The van der Waals surface area contributed by atoms with Crippen molar-refractivity contribution < 1.29 is 14.3 Å². The summed E-state index contributed by atoms with van der Waals surface area (Å²) in [5.41, 5.74) is 1.77. The molecule has 0 saturated heterocycles. The molecule has 2 aromatic rings. The standard InChI is InChI=1S/C18H18FN3O2/c1-18(2)10-16(15-4-3-14(19)9-13(15)11-23)21-22(18)17(24)12-5-7-20-8-6-12/h3-9,23H,10-11H2,1-2H3. The van der Waals surface area contributed by atoms with Crippen molar-refractivity contribution in [2.75, 3.05) is 0 Å². The zero-order valence-electron chi connectivity index (χ0n) is 13.5. The fourth-order valence-corrected chi connectivity index (χ4v) is 2.84. The number of rotatable bonds is 3. The average molecular weight is 327 g/mol. The van der Waals surface area contributed by atoms with E-state index in [2.05, 4.69) is 10.1 Å². The van der Waals surface area contributed by atoms with Gasteiger partial charge >= 0.3 is 0 Å². The monoisotopic (exact) mass is 327 g/mol. The van der Waals surface area contributed by atoms with Gasteiger partial charge in [0.05, 0.1) is 17.9 Å². The molecule has 6 heteroatoms. The number of aromatic nitrogens is 1. The van der Waals surface area contributed by atoms with Crippen LogP contribution in [0.3, 0.4) is 0 Å². The van der Waals surface area contributed by atoms with Gasteiger partial charge in [-0.15, -0.1) is 0 Å². The SMILES string of the molecule is CC1(C)CC(c2ccc(F)cc2CO)=NN1C(=O)c1ccncc1. The maximum Gasteiger partial charge on any atom is 0.274 e. The molecule has 0 saturated carbocycles. The molecule has 24 heavy (non-hydrogen) atoms. The first-order valence-electron chi connectivity index (χ1n) is 7.64. The largest absolute Gasteiger partial charge is 0.392 e. The van der Waals surface area contributed by atoms with Crippen LogP contribution in [0.1, 0.15) is 41.8 Å². The summed E-state index contributed by atoms with van der Waals surface area (Å²) in [6, 6.07) is 7.50. The summed E-state index contributed by atoms with van der Waals surface area (Å²) in [6.07, 6.45) is 3.64. The maximum atomic E-state index is 13.4. The summed E-state index contributed by atoms with van der Waals surface area (Å²) < 4.78 is 13.4. The smallest absolute Gasteiger partial charge is 0.274 e. The van der Waals surface area contributed by atoms with Crippen LogP contribution < -0.4 is 0 Å². The van der Waals surface area contributed by atoms with Crippen molar-refractivity contribution in [3.8, 4) is 0 Å². The number of aliphatic hydroxyl groups excluding tert-OH is 1. The zero-order valence-corrected chi connectivity index (χ0v) is 13.5. The van der Waals surface area contributed by atoms with Gasteiger partial charge < -0.3 is 5.11 Å². The Balaban J connectivity index is 1.99. The second kappa shape index (κ2) is 6.13. The topological polar surface area (TPSA) is 65.8 Å². The molecule has 1 amide bonds. The van der Waals surface area contributed by atoms with E-state index in [1.807, 2.05) is 13.8 Å². The Morgan fingerprint density at radius 1 is 1.29 bits per heavy atom. The highest BCUT2D eigenvalue weighted by Gasteiger charge is 2.39. The van der Waals surface area contributed by atoms with E-state index < -0.39 is 11.4 Å². The van der Waals surface area contributed by atoms with Gasteiger partial charge in [0.25, 0.3) is 5.91 Å². The Labute approximate surface area is 139 Å². The maximum absolute atomic E-state index is 13.4. The molecular formula is C18H18FN3O2. The lowest BCUT2D eigenvalue weighted by Gasteiger charge is -2.28. The van der Waals surface area contributed by atoms with Gasteiger partial charge in [-0.1, -0.05) is 0 Å². The summed E-state index contributed by atoms with van der Waals surface area (Å²) in [5, 5.41) is 15.4. The molecule has 0 aliphatic carbocycles. The average Bonchev–Trinajstić information content (AvgIpc) is 2.90. The number of pyridine rings is 1. The van der Waals surface area contributed by atoms with Crippen LogP contribution in [-0.4, -0.2) is 32.3 Å². The molecule has 1 aliphatic heterocycles. The summed E-state index contributed by atoms with van der Waals surface area (Å²) in [4.78, 5) is 16.6. The molecule has 1 aliphatic rings. The minimum Gasteiger partial charge on any atom is -0.392 e. The van der Waals surface area contributed by atoms with Gasteiger partial charge in [-0.25, -0.2) is 9.40 Å². The van der Waals surface area contributed by atoms with Crippen molar-refractivity contribution in [2.45, 2.75) is 32.4 Å². The minimum atomic E-state index is -0.517. The fraction of sp³-hybridized carbons (Fsp3) is 0.278. The van der Waals surface area contributed by atoms with E-state index in [1.54, 1.807) is 30.6 Å². The van der Waals surface area contributed by atoms with Crippen molar-refractivity contribution in [1.82, 2.24) is 9.99 Å². The van der Waals surface area contributed by atoms with Crippen LogP contribution in [0.25, 0.3) is 0 Å². The van der Waals surface area contributed by atoms with E-state index in [-0.39, 0.29) is 12.5 Å². The normalized spacial score (nSPS) is 16.2. The molecule has 0 unspecified atom stereocenters. The Morgan fingerprint density at radius 3 is 2.67 bits per heavy atom. The predicted molar refractivity (Wildman–Crippen MR) is 88.0 cm³/mol. The number of amides is 1. The quantitative estimate of drug-likeness (QED) is 0.942. The summed E-state index contributed by atoms with van der Waals surface area (Å²) >= 11 is 0. The highest BCUT2D eigenvalue weighted by Crippen LogP contribution is 2.32. The second-order valence-corrected chi connectivity index (χ2v) is 6.35. The minimum absolute atomic E-state index is 0.218. The molecular weight excluding hydrogens is 309 g/mol. The van der Waals surface area contributed by atoms with E-state index in [1.165, 1.54) is 17.1 Å². The third kappa shape index (κ3) is 2.92. The van der Waals surface area contributed by atoms with Gasteiger partial charge in [-0.05, 0) is 49.7 Å². The Kier molecular flexibility index (Phi) is 4.15. The van der Waals surface area contributed by atoms with Gasteiger partial charge in [0, 0.05) is 29.9 Å². The molecule has 3 rings (SSSR count). The number of nitrogens with zero attached hydrogens (tertiary/aromatic N) is 3. The van der Waals surface area contributed by atoms with E-state index in [0.717, 1.165) is 0 Å². The number of aliphatic hydroxyl groups is 1. The predicted octanol–water partition coefficient (Wildman–Crippen LogP) is 2.74. The van der Waals surface area contributed by atoms with E-state index in [9.17, 15) is 14.3 Å². The molecule has 1 N–H and O–H groups in total. The molecule has 0 bridgehead atoms. The van der Waals surface area contributed by atoms with E-state index >= 15 is 0 Å². The van der Waals surface area contributed by atoms with Crippen molar-refractivity contribution in [1.29, 1.82) is 0 Å². The number of carbonyl (C=O) groups excluding carboxylic acids is 1. The van der Waals surface area contributed by atoms with Crippen LogP contribution >= 0.6 is 0 Å². The molecule has 0 fully saturated rings. The fourth-order valence-electron chi connectivity index (χ4n) is 2.84. The summed E-state index contributed by atoms with van der Waals surface area (Å²) in [5.74, 6) is -0.629. The van der Waals surface area contributed by atoms with Crippen molar-refractivity contribution in [3.63, 3.8) is 0 Å². The van der Waals surface area contributed by atoms with Gasteiger partial charge in [-0.3, -0.25) is 9.78 Å². The number of hydrogen-bond donors (Lipinski definition) is 1. The number of hydrazone groups is 1. The Hall–Kier alpha value is -2.60. The highest BCUT2D eigenvalue weighted by atomic mass is 19.1. The Morgan fingerprint density at radius 2 is 2.00 bits per heavy atom. The third-order valence-electron chi connectivity index (χ3n) is 4.06. The first-order chi connectivity index (χ1) is 11.4. The number of benzene rings is 1. The first-order valence-corrected chi connectivity index (χ1v) is 7.64. The third-order valence-corrected chi connectivity index (χ3v) is 4.06. The molecule has 0 radical (unpaired) electrons. The Bertz CT molecular complexity index is 803. The lowest BCUT2D eigenvalue weighted by molar-refractivity contribution is 0.0612. The molecule has 124 valence electrons. The van der Waals surface area contributed by atoms with Crippen LogP contribution in [0.5, 0.6) is 0 Å². The van der Waals surface area contributed by atoms with Crippen molar-refractivity contribution in [2.24, 2.45) is 5.10 Å². The van der Waals surface area contributed by atoms with Crippen LogP contribution in [-0.2, 0) is 6.61 Å². The lowest BCUT2D eigenvalue weighted by Crippen LogP contribution is -2.40. The van der Waals surface area contributed by atoms with Crippen LogP contribution in [0.15, 0.2) is 47.8 Å². The molecule has 0 spiro atoms. The van der Waals surface area contributed by atoms with Gasteiger partial charge in [-0.2, -0.15) is 5.10 Å². The summed E-state index contributed by atoms with van der Waals surface area (Å²) in [7, 11) is 0. The summed E-state index contributed by atoms with van der Waals surface area (Å²) in [6.45, 7) is 3.56. The van der Waals surface area contributed by atoms with E-state index in [4.69, 9.17) is 0 Å². The van der Waals surface area contributed by atoms with Gasteiger partial charge in [0.15, 0.2) is 0 Å². The van der Waals surface area contributed by atoms with E-state index in [0.29, 0.717) is 28.8 Å². The number of halogens is 1. The number of carbonyl (C=O) groups is 1.